The van der Waals surface area contributed by atoms with Crippen LogP contribution in [0.2, 0.25) is 5.02 Å². The van der Waals surface area contributed by atoms with Crippen LogP contribution in [0, 0.1) is 0 Å². The Labute approximate surface area is 170 Å². The molecule has 1 amide bonds. The Hall–Kier alpha value is -2.77. The molecule has 0 radical (unpaired) electrons. The van der Waals surface area contributed by atoms with Crippen LogP contribution in [-0.2, 0) is 0 Å². The molecule has 4 heterocycles. The number of pyridine rings is 1. The summed E-state index contributed by atoms with van der Waals surface area (Å²) >= 11 is 7.87. The summed E-state index contributed by atoms with van der Waals surface area (Å²) in [4.78, 5) is 31.4. The molecule has 1 aliphatic heterocycles. The number of thiophene rings is 1. The van der Waals surface area contributed by atoms with Gasteiger partial charge in [0.05, 0.1) is 21.5 Å². The van der Waals surface area contributed by atoms with Gasteiger partial charge < -0.3 is 9.80 Å². The number of fused-ring (bicyclic) bond motifs is 2. The van der Waals surface area contributed by atoms with Gasteiger partial charge in [-0.05, 0) is 35.7 Å². The first-order valence-corrected chi connectivity index (χ1v) is 10.2. The van der Waals surface area contributed by atoms with Crippen LogP contribution in [0.15, 0.2) is 48.2 Å². The fraction of sp³-hybridized carbons (Fsp3) is 0.200. The highest BCUT2D eigenvalue weighted by Gasteiger charge is 2.25. The Morgan fingerprint density at radius 2 is 1.86 bits per heavy atom. The van der Waals surface area contributed by atoms with E-state index in [0.717, 1.165) is 34.5 Å². The lowest BCUT2D eigenvalue weighted by molar-refractivity contribution is 0.0748. The maximum Gasteiger partial charge on any atom is 0.256 e. The van der Waals surface area contributed by atoms with Gasteiger partial charge in [0.1, 0.15) is 17.0 Å². The fourth-order valence-electron chi connectivity index (χ4n) is 3.63. The van der Waals surface area contributed by atoms with Crippen molar-refractivity contribution in [2.45, 2.75) is 0 Å². The third-order valence-electron chi connectivity index (χ3n) is 5.05. The summed E-state index contributed by atoms with van der Waals surface area (Å²) in [6.45, 7) is 2.72. The SMILES string of the molecule is O=C(c1ccc(Cl)c2cccnc12)N1CCN(c2ncnc3sccc23)CC1. The molecule has 0 bridgehead atoms. The minimum absolute atomic E-state index is 0.0108. The lowest BCUT2D eigenvalue weighted by Gasteiger charge is -2.35. The minimum atomic E-state index is -0.0108. The molecular weight excluding hydrogens is 394 g/mol. The van der Waals surface area contributed by atoms with Crippen molar-refractivity contribution in [3.63, 3.8) is 0 Å². The van der Waals surface area contributed by atoms with E-state index in [-0.39, 0.29) is 5.91 Å². The number of rotatable bonds is 2. The van der Waals surface area contributed by atoms with Gasteiger partial charge >= 0.3 is 0 Å². The maximum absolute atomic E-state index is 13.1. The molecular formula is C20H16ClN5OS. The predicted octanol–water partition coefficient (Wildman–Crippen LogP) is 3.86. The zero-order valence-corrected chi connectivity index (χ0v) is 16.5. The number of benzene rings is 1. The molecule has 1 aliphatic rings. The molecule has 0 aliphatic carbocycles. The summed E-state index contributed by atoms with van der Waals surface area (Å²) in [5, 5.41) is 4.50. The molecule has 0 spiro atoms. The predicted molar refractivity (Wildman–Crippen MR) is 112 cm³/mol. The third kappa shape index (κ3) is 2.87. The first-order chi connectivity index (χ1) is 13.7. The summed E-state index contributed by atoms with van der Waals surface area (Å²) in [6.07, 6.45) is 3.30. The van der Waals surface area contributed by atoms with Gasteiger partial charge in [-0.3, -0.25) is 9.78 Å². The van der Waals surface area contributed by atoms with Crippen LogP contribution in [0.4, 0.5) is 5.82 Å². The largest absolute Gasteiger partial charge is 0.352 e. The number of hydrogen-bond acceptors (Lipinski definition) is 6. The normalized spacial score (nSPS) is 14.8. The summed E-state index contributed by atoms with van der Waals surface area (Å²) in [5.74, 6) is 0.931. The second-order valence-corrected chi connectivity index (χ2v) is 7.91. The topological polar surface area (TPSA) is 62.2 Å². The van der Waals surface area contributed by atoms with E-state index in [1.807, 2.05) is 22.4 Å². The molecule has 140 valence electrons. The van der Waals surface area contributed by atoms with Gasteiger partial charge in [0.2, 0.25) is 0 Å². The Bertz CT molecular complexity index is 1190. The van der Waals surface area contributed by atoms with E-state index in [0.29, 0.717) is 29.2 Å². The molecule has 6 nitrogen and oxygen atoms in total. The quantitative estimate of drug-likeness (QED) is 0.503. The number of carbonyl (C=O) groups excluding carboxylic acids is 1. The number of aromatic nitrogens is 3. The smallest absolute Gasteiger partial charge is 0.256 e. The van der Waals surface area contributed by atoms with Gasteiger partial charge in [-0.25, -0.2) is 9.97 Å². The van der Waals surface area contributed by atoms with Crippen molar-refractivity contribution in [2.24, 2.45) is 0 Å². The molecule has 28 heavy (non-hydrogen) atoms. The number of piperazine rings is 1. The molecule has 1 fully saturated rings. The van der Waals surface area contributed by atoms with Crippen molar-refractivity contribution in [3.05, 3.63) is 58.8 Å². The molecule has 1 saturated heterocycles. The van der Waals surface area contributed by atoms with E-state index in [1.54, 1.807) is 36.0 Å². The van der Waals surface area contributed by atoms with Crippen LogP contribution in [0.5, 0.6) is 0 Å². The summed E-state index contributed by atoms with van der Waals surface area (Å²) in [6, 6.07) is 9.31. The number of halogens is 1. The maximum atomic E-state index is 13.1. The standard InChI is InChI=1S/C20H16ClN5OS/c21-16-4-3-14(17-13(16)2-1-6-22-17)20(27)26-9-7-25(8-10-26)18-15-5-11-28-19(15)24-12-23-18/h1-6,11-12H,7-10H2. The van der Waals surface area contributed by atoms with Crippen molar-refractivity contribution in [1.29, 1.82) is 0 Å². The van der Waals surface area contributed by atoms with Gasteiger partial charge in [0, 0.05) is 37.8 Å². The molecule has 0 atom stereocenters. The molecule has 0 saturated carbocycles. The van der Waals surface area contributed by atoms with Crippen LogP contribution in [0.3, 0.4) is 0 Å². The van der Waals surface area contributed by atoms with Crippen molar-refractivity contribution >= 4 is 55.8 Å². The average Bonchev–Trinajstić information content (AvgIpc) is 3.23. The van der Waals surface area contributed by atoms with Crippen LogP contribution in [0.25, 0.3) is 21.1 Å². The summed E-state index contributed by atoms with van der Waals surface area (Å²) in [5.41, 5.74) is 1.24. The van der Waals surface area contributed by atoms with Gasteiger partial charge in [-0.2, -0.15) is 0 Å². The number of amides is 1. The molecule has 0 unspecified atom stereocenters. The van der Waals surface area contributed by atoms with E-state index in [4.69, 9.17) is 11.6 Å². The Balaban J connectivity index is 1.38. The van der Waals surface area contributed by atoms with Crippen LogP contribution < -0.4 is 4.90 Å². The first-order valence-electron chi connectivity index (χ1n) is 8.98. The van der Waals surface area contributed by atoms with E-state index in [2.05, 4.69) is 25.9 Å². The van der Waals surface area contributed by atoms with Crippen LogP contribution in [-0.4, -0.2) is 51.9 Å². The second-order valence-electron chi connectivity index (χ2n) is 6.61. The van der Waals surface area contributed by atoms with Crippen molar-refractivity contribution < 1.29 is 4.79 Å². The molecule has 4 aromatic rings. The van der Waals surface area contributed by atoms with E-state index in [9.17, 15) is 4.79 Å². The number of hydrogen-bond donors (Lipinski definition) is 0. The third-order valence-corrected chi connectivity index (χ3v) is 6.20. The van der Waals surface area contributed by atoms with Gasteiger partial charge in [0.15, 0.2) is 0 Å². The lowest BCUT2D eigenvalue weighted by atomic mass is 10.1. The van der Waals surface area contributed by atoms with Crippen LogP contribution in [0.1, 0.15) is 10.4 Å². The molecule has 5 rings (SSSR count). The number of nitrogens with zero attached hydrogens (tertiary/aromatic N) is 5. The Morgan fingerprint density at radius 3 is 2.71 bits per heavy atom. The monoisotopic (exact) mass is 409 g/mol. The first kappa shape index (κ1) is 17.3. The molecule has 8 heteroatoms. The summed E-state index contributed by atoms with van der Waals surface area (Å²) in [7, 11) is 0. The Kier molecular flexibility index (Phi) is 4.33. The average molecular weight is 410 g/mol. The lowest BCUT2D eigenvalue weighted by Crippen LogP contribution is -2.49. The highest BCUT2D eigenvalue weighted by atomic mass is 35.5. The number of anilines is 1. The minimum Gasteiger partial charge on any atom is -0.352 e. The van der Waals surface area contributed by atoms with Gasteiger partial charge in [0.25, 0.3) is 5.91 Å². The molecule has 3 aromatic heterocycles. The van der Waals surface area contributed by atoms with Crippen molar-refractivity contribution in [2.75, 3.05) is 31.1 Å². The highest BCUT2D eigenvalue weighted by Crippen LogP contribution is 2.29. The van der Waals surface area contributed by atoms with E-state index >= 15 is 0 Å². The molecule has 1 aromatic carbocycles. The van der Waals surface area contributed by atoms with Gasteiger partial charge in [-0.1, -0.05) is 11.6 Å². The zero-order valence-electron chi connectivity index (χ0n) is 14.9. The molecule has 0 N–H and O–H groups in total. The highest BCUT2D eigenvalue weighted by molar-refractivity contribution is 7.16. The zero-order chi connectivity index (χ0) is 19.1. The van der Waals surface area contributed by atoms with E-state index in [1.165, 1.54) is 0 Å². The van der Waals surface area contributed by atoms with Gasteiger partial charge in [-0.15, -0.1) is 11.3 Å². The number of carbonyl (C=O) groups is 1. The van der Waals surface area contributed by atoms with Crippen LogP contribution >= 0.6 is 22.9 Å². The van der Waals surface area contributed by atoms with E-state index < -0.39 is 0 Å². The van der Waals surface area contributed by atoms with Crippen molar-refractivity contribution in [1.82, 2.24) is 19.9 Å². The summed E-state index contributed by atoms with van der Waals surface area (Å²) < 4.78 is 0. The Morgan fingerprint density at radius 1 is 1.00 bits per heavy atom. The van der Waals surface area contributed by atoms with Crippen molar-refractivity contribution in [3.8, 4) is 0 Å². The second kappa shape index (κ2) is 7.00. The fourth-order valence-corrected chi connectivity index (χ4v) is 4.57.